The van der Waals surface area contributed by atoms with Gasteiger partial charge in [-0.25, -0.2) is 9.37 Å². The van der Waals surface area contributed by atoms with Crippen LogP contribution in [0, 0.1) is 5.82 Å². The minimum Gasteiger partial charge on any atom is -0.385 e. The molecule has 0 aliphatic heterocycles. The fourth-order valence-corrected chi connectivity index (χ4v) is 4.87. The summed E-state index contributed by atoms with van der Waals surface area (Å²) in [5.41, 5.74) is 1.33. The molecule has 27 heavy (non-hydrogen) atoms. The van der Waals surface area contributed by atoms with Gasteiger partial charge in [-0.3, -0.25) is 4.57 Å². The van der Waals surface area contributed by atoms with E-state index in [9.17, 15) is 14.1 Å². The summed E-state index contributed by atoms with van der Waals surface area (Å²) >= 11 is 0.977. The van der Waals surface area contributed by atoms with Crippen molar-refractivity contribution < 1.29 is 23.8 Å². The Bertz CT molecular complexity index is 1040. The predicted octanol–water partition coefficient (Wildman–Crippen LogP) is 3.97. The lowest BCUT2D eigenvalue weighted by atomic mass is 9.75. The van der Waals surface area contributed by atoms with Crippen molar-refractivity contribution in [2.45, 2.75) is 29.8 Å². The van der Waals surface area contributed by atoms with E-state index in [1.165, 1.54) is 6.07 Å². The highest BCUT2D eigenvalue weighted by Crippen LogP contribution is 2.43. The second-order valence-electron chi connectivity index (χ2n) is 6.77. The first-order chi connectivity index (χ1) is 12.8. The van der Waals surface area contributed by atoms with E-state index in [1.807, 2.05) is 0 Å². The number of pyridine rings is 1. The summed E-state index contributed by atoms with van der Waals surface area (Å²) in [6.07, 6.45) is 4.02. The van der Waals surface area contributed by atoms with Gasteiger partial charge in [0.25, 0.3) is 0 Å². The van der Waals surface area contributed by atoms with Gasteiger partial charge in [0.05, 0.1) is 16.0 Å². The molecule has 1 fully saturated rings. The Morgan fingerprint density at radius 3 is 2.56 bits per heavy atom. The highest BCUT2D eigenvalue weighted by molar-refractivity contribution is 8.04. The zero-order valence-corrected chi connectivity index (χ0v) is 15.9. The zero-order valence-electron chi connectivity index (χ0n) is 14.2. The number of halogens is 1. The summed E-state index contributed by atoms with van der Waals surface area (Å²) < 4.78 is 25.6. The SMILES string of the molecule is O=P(O)(O)CSc1c[nH]c2cc(F)c(-c3ccc(C4(O)CCC4)cc3)nc12. The lowest BCUT2D eigenvalue weighted by Crippen LogP contribution is -2.33. The second kappa shape index (κ2) is 6.72. The van der Waals surface area contributed by atoms with Crippen molar-refractivity contribution in [2.75, 3.05) is 5.49 Å². The van der Waals surface area contributed by atoms with Crippen molar-refractivity contribution in [1.82, 2.24) is 9.97 Å². The van der Waals surface area contributed by atoms with Crippen LogP contribution in [-0.2, 0) is 10.2 Å². The number of hydrogen-bond acceptors (Lipinski definition) is 4. The molecule has 0 atom stereocenters. The van der Waals surface area contributed by atoms with Crippen LogP contribution in [0.3, 0.4) is 0 Å². The van der Waals surface area contributed by atoms with Crippen LogP contribution in [0.25, 0.3) is 22.3 Å². The van der Waals surface area contributed by atoms with Crippen molar-refractivity contribution >= 4 is 30.4 Å². The van der Waals surface area contributed by atoms with Crippen LogP contribution < -0.4 is 0 Å². The van der Waals surface area contributed by atoms with Gasteiger partial charge in [-0.2, -0.15) is 0 Å². The molecular weight excluding hydrogens is 390 g/mol. The Kier molecular flexibility index (Phi) is 4.64. The smallest absolute Gasteiger partial charge is 0.335 e. The molecule has 1 aliphatic rings. The molecule has 4 N–H and O–H groups in total. The summed E-state index contributed by atoms with van der Waals surface area (Å²) in [6, 6.07) is 8.38. The number of nitrogens with one attached hydrogen (secondary N) is 1. The largest absolute Gasteiger partial charge is 0.385 e. The molecule has 0 amide bonds. The number of aliphatic hydroxyl groups is 1. The van der Waals surface area contributed by atoms with Crippen LogP contribution >= 0.6 is 19.4 Å². The minimum absolute atomic E-state index is 0.160. The number of aromatic amines is 1. The Morgan fingerprint density at radius 2 is 1.96 bits per heavy atom. The number of benzene rings is 1. The van der Waals surface area contributed by atoms with Gasteiger partial charge in [-0.1, -0.05) is 24.3 Å². The molecule has 1 aromatic carbocycles. The van der Waals surface area contributed by atoms with E-state index in [-0.39, 0.29) is 11.2 Å². The first-order valence-corrected chi connectivity index (χ1v) is 11.2. The molecule has 1 aliphatic carbocycles. The van der Waals surface area contributed by atoms with E-state index in [4.69, 9.17) is 9.79 Å². The van der Waals surface area contributed by atoms with Gasteiger partial charge in [0, 0.05) is 17.8 Å². The summed E-state index contributed by atoms with van der Waals surface area (Å²) in [5.74, 6) is -0.494. The maximum Gasteiger partial charge on any atom is 0.335 e. The third-order valence-corrected chi connectivity index (χ3v) is 7.32. The van der Waals surface area contributed by atoms with E-state index in [1.54, 1.807) is 30.5 Å². The average Bonchev–Trinajstić information content (AvgIpc) is 2.98. The molecule has 1 saturated carbocycles. The Hall–Kier alpha value is -1.70. The normalized spacial score (nSPS) is 16.4. The number of rotatable bonds is 5. The number of fused-ring (bicyclic) bond motifs is 1. The molecule has 2 heterocycles. The maximum absolute atomic E-state index is 14.5. The molecule has 2 aromatic heterocycles. The number of thioether (sulfide) groups is 1. The van der Waals surface area contributed by atoms with Gasteiger partial charge in [0.15, 0.2) is 5.82 Å². The second-order valence-corrected chi connectivity index (χ2v) is 9.86. The Morgan fingerprint density at radius 1 is 1.26 bits per heavy atom. The monoisotopic (exact) mass is 408 g/mol. The molecule has 142 valence electrons. The van der Waals surface area contributed by atoms with Gasteiger partial charge in [-0.05, 0) is 24.8 Å². The summed E-state index contributed by atoms with van der Waals surface area (Å²) in [4.78, 5) is 25.9. The maximum atomic E-state index is 14.5. The number of nitrogens with zero attached hydrogens (tertiary/aromatic N) is 1. The van der Waals surface area contributed by atoms with E-state index < -0.39 is 19.0 Å². The fourth-order valence-electron chi connectivity index (χ4n) is 3.20. The Labute approximate surface area is 159 Å². The summed E-state index contributed by atoms with van der Waals surface area (Å²) in [6.45, 7) is 0. The molecule has 4 rings (SSSR count). The van der Waals surface area contributed by atoms with Gasteiger partial charge in [-0.15, -0.1) is 11.8 Å². The van der Waals surface area contributed by atoms with E-state index in [0.29, 0.717) is 21.5 Å². The van der Waals surface area contributed by atoms with Gasteiger partial charge < -0.3 is 19.9 Å². The van der Waals surface area contributed by atoms with Crippen LogP contribution in [0.15, 0.2) is 41.4 Å². The fraction of sp³-hybridized carbons (Fsp3) is 0.278. The standard InChI is InChI=1S/C18H18FN2O4PS/c19-13-8-14-17(15(9-20-14)27-10-26(23,24)25)21-16(13)11-2-4-12(5-3-11)18(22)6-1-7-18/h2-5,8-9,20,22H,1,6-7,10H2,(H2,23,24,25). The minimum atomic E-state index is -4.16. The molecule has 0 bridgehead atoms. The van der Waals surface area contributed by atoms with Crippen LogP contribution in [0.5, 0.6) is 0 Å². The molecule has 0 saturated heterocycles. The molecule has 0 spiro atoms. The van der Waals surface area contributed by atoms with Gasteiger partial charge >= 0.3 is 7.60 Å². The van der Waals surface area contributed by atoms with Crippen molar-refractivity contribution in [3.63, 3.8) is 0 Å². The van der Waals surface area contributed by atoms with Crippen LogP contribution in [-0.4, -0.2) is 30.4 Å². The number of hydrogen-bond donors (Lipinski definition) is 4. The van der Waals surface area contributed by atoms with Crippen molar-refractivity contribution in [3.8, 4) is 11.3 Å². The quantitative estimate of drug-likeness (QED) is 0.376. The molecule has 0 radical (unpaired) electrons. The van der Waals surface area contributed by atoms with Crippen molar-refractivity contribution in [2.24, 2.45) is 0 Å². The topological polar surface area (TPSA) is 106 Å². The molecule has 0 unspecified atom stereocenters. The molecule has 6 nitrogen and oxygen atoms in total. The molecule has 3 aromatic rings. The first kappa shape index (κ1) is 18.7. The number of H-pyrrole nitrogens is 1. The van der Waals surface area contributed by atoms with Gasteiger partial charge in [0.2, 0.25) is 0 Å². The van der Waals surface area contributed by atoms with Gasteiger partial charge in [0.1, 0.15) is 16.7 Å². The van der Waals surface area contributed by atoms with Crippen LogP contribution in [0.1, 0.15) is 24.8 Å². The third kappa shape index (κ3) is 3.68. The van der Waals surface area contributed by atoms with E-state index in [2.05, 4.69) is 9.97 Å². The summed E-state index contributed by atoms with van der Waals surface area (Å²) in [5, 5.41) is 10.4. The van der Waals surface area contributed by atoms with Crippen LogP contribution in [0.2, 0.25) is 0 Å². The first-order valence-electron chi connectivity index (χ1n) is 8.43. The Balaban J connectivity index is 1.68. The summed E-state index contributed by atoms with van der Waals surface area (Å²) in [7, 11) is -4.16. The highest BCUT2D eigenvalue weighted by Gasteiger charge is 2.36. The zero-order chi connectivity index (χ0) is 19.2. The third-order valence-electron chi connectivity index (χ3n) is 4.83. The molecule has 9 heteroatoms. The predicted molar refractivity (Wildman–Crippen MR) is 102 cm³/mol. The van der Waals surface area contributed by atoms with E-state index in [0.717, 1.165) is 36.6 Å². The highest BCUT2D eigenvalue weighted by atomic mass is 32.2. The van der Waals surface area contributed by atoms with Crippen molar-refractivity contribution in [1.29, 1.82) is 0 Å². The van der Waals surface area contributed by atoms with Crippen LogP contribution in [0.4, 0.5) is 4.39 Å². The van der Waals surface area contributed by atoms with Crippen molar-refractivity contribution in [3.05, 3.63) is 47.9 Å². The lowest BCUT2D eigenvalue weighted by molar-refractivity contribution is -0.0387. The van der Waals surface area contributed by atoms with E-state index >= 15 is 0 Å². The molecular formula is C18H18FN2O4PS. The number of aromatic nitrogens is 2. The lowest BCUT2D eigenvalue weighted by Gasteiger charge is -2.37. The average molecular weight is 408 g/mol.